The molecule has 0 unspecified atom stereocenters. The van der Waals surface area contributed by atoms with Gasteiger partial charge in [0.2, 0.25) is 5.13 Å². The Balaban J connectivity index is 1.98. The minimum Gasteiger partial charge on any atom is -0.410 e. The molecule has 1 N–H and O–H groups in total. The maximum absolute atomic E-state index is 11.6. The van der Waals surface area contributed by atoms with Crippen LogP contribution in [0, 0.1) is 0 Å². The number of hydrogen-bond donors (Lipinski definition) is 1. The van der Waals surface area contributed by atoms with E-state index < -0.39 is 6.09 Å². The van der Waals surface area contributed by atoms with Gasteiger partial charge in [0, 0.05) is 16.9 Å². The molecule has 0 aliphatic carbocycles. The second kappa shape index (κ2) is 5.36. The zero-order valence-corrected chi connectivity index (χ0v) is 11.8. The third-order valence-electron chi connectivity index (χ3n) is 2.26. The zero-order valence-electron chi connectivity index (χ0n) is 11.0. The first kappa shape index (κ1) is 13.5. The number of aromatic nitrogens is 2. The summed E-state index contributed by atoms with van der Waals surface area (Å²) in [5.74, 6) is 1.19. The minimum absolute atomic E-state index is 0.139. The maximum Gasteiger partial charge on any atom is 0.418 e. The van der Waals surface area contributed by atoms with E-state index in [0.717, 1.165) is 11.5 Å². The Bertz CT molecular complexity index is 561. The highest BCUT2D eigenvalue weighted by atomic mass is 32.1. The van der Waals surface area contributed by atoms with Crippen LogP contribution in [0.5, 0.6) is 5.75 Å². The van der Waals surface area contributed by atoms with Gasteiger partial charge >= 0.3 is 6.09 Å². The van der Waals surface area contributed by atoms with Crippen LogP contribution in [0.3, 0.4) is 0 Å². The van der Waals surface area contributed by atoms with E-state index in [-0.39, 0.29) is 5.41 Å². The summed E-state index contributed by atoms with van der Waals surface area (Å²) in [6.45, 7) is 6.05. The molecular formula is C13H15N3O2S. The third-order valence-corrected chi connectivity index (χ3v) is 2.89. The normalized spacial score (nSPS) is 11.1. The van der Waals surface area contributed by atoms with Crippen molar-refractivity contribution in [1.82, 2.24) is 9.36 Å². The number of nitrogens with one attached hydrogen (secondary N) is 1. The molecule has 19 heavy (non-hydrogen) atoms. The molecule has 0 bridgehead atoms. The Kier molecular flexibility index (Phi) is 3.80. The average Bonchev–Trinajstić information content (AvgIpc) is 2.78. The summed E-state index contributed by atoms with van der Waals surface area (Å²) in [4.78, 5) is 15.9. The van der Waals surface area contributed by atoms with Gasteiger partial charge in [0.1, 0.15) is 11.6 Å². The predicted octanol–water partition coefficient (Wildman–Crippen LogP) is 3.45. The molecule has 1 heterocycles. The number of carbonyl (C=O) groups excluding carboxylic acids is 1. The highest BCUT2D eigenvalue weighted by Gasteiger charge is 2.20. The molecule has 0 atom stereocenters. The first-order chi connectivity index (χ1) is 8.95. The molecule has 0 aliphatic heterocycles. The monoisotopic (exact) mass is 277 g/mol. The highest BCUT2D eigenvalue weighted by molar-refractivity contribution is 7.09. The zero-order chi connectivity index (χ0) is 13.9. The summed E-state index contributed by atoms with van der Waals surface area (Å²) >= 11 is 1.14. The van der Waals surface area contributed by atoms with Gasteiger partial charge in [-0.1, -0.05) is 39.0 Å². The highest BCUT2D eigenvalue weighted by Crippen LogP contribution is 2.23. The molecule has 0 fully saturated rings. The Morgan fingerprint density at radius 3 is 2.53 bits per heavy atom. The molecule has 0 aliphatic rings. The van der Waals surface area contributed by atoms with Crippen LogP contribution in [0.2, 0.25) is 0 Å². The lowest BCUT2D eigenvalue weighted by atomic mass is 9.96. The fourth-order valence-corrected chi connectivity index (χ4v) is 2.03. The number of para-hydroxylation sites is 1. The quantitative estimate of drug-likeness (QED) is 0.913. The Morgan fingerprint density at radius 1 is 1.26 bits per heavy atom. The standard InChI is InChI=1S/C13H15N3O2S/c1-13(2,3)10-14-11(19-16-10)15-12(17)18-9-7-5-4-6-8-9/h4-8H,1-3H3,(H,14,15,16,17). The fourth-order valence-electron chi connectivity index (χ4n) is 1.29. The first-order valence-electron chi connectivity index (χ1n) is 5.83. The summed E-state index contributed by atoms with van der Waals surface area (Å²) in [5.41, 5.74) is -0.139. The van der Waals surface area contributed by atoms with E-state index in [4.69, 9.17) is 4.74 Å². The Labute approximate surface area is 115 Å². The topological polar surface area (TPSA) is 64.1 Å². The number of benzene rings is 1. The molecule has 0 saturated heterocycles. The van der Waals surface area contributed by atoms with E-state index in [2.05, 4.69) is 14.7 Å². The van der Waals surface area contributed by atoms with Crippen molar-refractivity contribution in [2.75, 3.05) is 5.32 Å². The van der Waals surface area contributed by atoms with Gasteiger partial charge in [-0.25, -0.2) is 9.78 Å². The van der Waals surface area contributed by atoms with Gasteiger partial charge in [-0.3, -0.25) is 5.32 Å². The van der Waals surface area contributed by atoms with Crippen LogP contribution in [-0.2, 0) is 5.41 Å². The average molecular weight is 277 g/mol. The number of nitrogens with zero attached hydrogens (tertiary/aromatic N) is 2. The second-order valence-electron chi connectivity index (χ2n) is 5.00. The van der Waals surface area contributed by atoms with Gasteiger partial charge in [0.05, 0.1) is 0 Å². The molecule has 1 aromatic heterocycles. The Hall–Kier alpha value is -1.95. The van der Waals surface area contributed by atoms with Crippen molar-refractivity contribution in [3.05, 3.63) is 36.2 Å². The van der Waals surface area contributed by atoms with Crippen LogP contribution in [-0.4, -0.2) is 15.5 Å². The van der Waals surface area contributed by atoms with Crippen LogP contribution in [0.4, 0.5) is 9.93 Å². The molecule has 0 saturated carbocycles. The second-order valence-corrected chi connectivity index (χ2v) is 5.75. The van der Waals surface area contributed by atoms with Crippen LogP contribution in [0.25, 0.3) is 0 Å². The van der Waals surface area contributed by atoms with Crippen molar-refractivity contribution >= 4 is 22.8 Å². The molecule has 2 aromatic rings. The molecule has 0 spiro atoms. The largest absolute Gasteiger partial charge is 0.418 e. The lowest BCUT2D eigenvalue weighted by Gasteiger charge is -2.12. The van der Waals surface area contributed by atoms with Crippen molar-refractivity contribution in [2.24, 2.45) is 0 Å². The van der Waals surface area contributed by atoms with Crippen LogP contribution >= 0.6 is 11.5 Å². The minimum atomic E-state index is -0.567. The van der Waals surface area contributed by atoms with Gasteiger partial charge in [-0.05, 0) is 12.1 Å². The summed E-state index contributed by atoms with van der Waals surface area (Å²) in [7, 11) is 0. The van der Waals surface area contributed by atoms with Crippen LogP contribution in [0.15, 0.2) is 30.3 Å². The number of amides is 1. The van der Waals surface area contributed by atoms with E-state index in [0.29, 0.717) is 16.7 Å². The lowest BCUT2D eigenvalue weighted by molar-refractivity contribution is 0.215. The van der Waals surface area contributed by atoms with Crippen LogP contribution in [0.1, 0.15) is 26.6 Å². The summed E-state index contributed by atoms with van der Waals surface area (Å²) in [6.07, 6.45) is -0.567. The predicted molar refractivity (Wildman–Crippen MR) is 74.7 cm³/mol. The van der Waals surface area contributed by atoms with Crippen molar-refractivity contribution in [3.63, 3.8) is 0 Å². The summed E-state index contributed by atoms with van der Waals surface area (Å²) in [5, 5.41) is 3.00. The van der Waals surface area contributed by atoms with Gasteiger partial charge in [-0.2, -0.15) is 4.37 Å². The van der Waals surface area contributed by atoms with Crippen molar-refractivity contribution in [3.8, 4) is 5.75 Å². The number of ether oxygens (including phenoxy) is 1. The van der Waals surface area contributed by atoms with Gasteiger partial charge < -0.3 is 4.74 Å². The molecule has 2 rings (SSSR count). The van der Waals surface area contributed by atoms with E-state index in [1.54, 1.807) is 24.3 Å². The van der Waals surface area contributed by atoms with E-state index in [1.807, 2.05) is 26.8 Å². The van der Waals surface area contributed by atoms with Crippen molar-refractivity contribution in [1.29, 1.82) is 0 Å². The van der Waals surface area contributed by atoms with E-state index in [9.17, 15) is 4.79 Å². The third kappa shape index (κ3) is 3.75. The summed E-state index contributed by atoms with van der Waals surface area (Å²) < 4.78 is 9.31. The molecule has 6 heteroatoms. The van der Waals surface area contributed by atoms with Gasteiger partial charge in [0.25, 0.3) is 0 Å². The summed E-state index contributed by atoms with van der Waals surface area (Å²) in [6, 6.07) is 8.86. The molecule has 1 aromatic carbocycles. The number of carbonyl (C=O) groups is 1. The SMILES string of the molecule is CC(C)(C)c1nsc(NC(=O)Oc2ccccc2)n1. The van der Waals surface area contributed by atoms with Crippen molar-refractivity contribution < 1.29 is 9.53 Å². The first-order valence-corrected chi connectivity index (χ1v) is 6.60. The van der Waals surface area contributed by atoms with Crippen LogP contribution < -0.4 is 10.1 Å². The number of anilines is 1. The smallest absolute Gasteiger partial charge is 0.410 e. The van der Waals surface area contributed by atoms with E-state index in [1.165, 1.54) is 0 Å². The van der Waals surface area contributed by atoms with E-state index >= 15 is 0 Å². The van der Waals surface area contributed by atoms with Crippen molar-refractivity contribution in [2.45, 2.75) is 26.2 Å². The number of rotatable bonds is 2. The Morgan fingerprint density at radius 2 is 1.95 bits per heavy atom. The lowest BCUT2D eigenvalue weighted by Crippen LogP contribution is -2.17. The molecule has 0 radical (unpaired) electrons. The molecule has 100 valence electrons. The number of hydrogen-bond acceptors (Lipinski definition) is 5. The molecule has 5 nitrogen and oxygen atoms in total. The maximum atomic E-state index is 11.6. The fraction of sp³-hybridized carbons (Fsp3) is 0.308. The van der Waals surface area contributed by atoms with Gasteiger partial charge in [-0.15, -0.1) is 0 Å². The molecular weight excluding hydrogens is 262 g/mol. The van der Waals surface area contributed by atoms with Gasteiger partial charge in [0.15, 0.2) is 0 Å². The molecule has 1 amide bonds.